The smallest absolute Gasteiger partial charge is 0.278 e. The molecule has 1 aromatic carbocycles. The fourth-order valence-corrected chi connectivity index (χ4v) is 2.42. The third-order valence-corrected chi connectivity index (χ3v) is 4.38. The summed E-state index contributed by atoms with van der Waals surface area (Å²) in [6.07, 6.45) is 1.19. The minimum absolute atomic E-state index is 0.256. The molecule has 0 aliphatic rings. The lowest BCUT2D eigenvalue weighted by molar-refractivity contribution is 0.102. The van der Waals surface area contributed by atoms with Crippen LogP contribution >= 0.6 is 33.9 Å². The lowest BCUT2D eigenvalue weighted by Gasteiger charge is -2.06. The Balaban J connectivity index is 2.18. The summed E-state index contributed by atoms with van der Waals surface area (Å²) in [7, 11) is 1.25. The molecule has 0 aliphatic carbocycles. The molecule has 21 heavy (non-hydrogen) atoms. The van der Waals surface area contributed by atoms with E-state index in [0.717, 1.165) is 0 Å². The summed E-state index contributed by atoms with van der Waals surface area (Å²) in [6, 6.07) is 6.99. The molecule has 5 nitrogen and oxygen atoms in total. The first-order valence-corrected chi connectivity index (χ1v) is 8.51. The summed E-state index contributed by atoms with van der Waals surface area (Å²) in [5, 5.41) is 2.84. The van der Waals surface area contributed by atoms with Crippen LogP contribution in [-0.4, -0.2) is 19.3 Å². The van der Waals surface area contributed by atoms with Gasteiger partial charge in [-0.1, -0.05) is 23.2 Å². The Labute approximate surface area is 135 Å². The summed E-state index contributed by atoms with van der Waals surface area (Å²) < 4.78 is 22.1. The van der Waals surface area contributed by atoms with E-state index in [2.05, 4.69) is 10.3 Å². The monoisotopic (exact) mass is 364 g/mol. The molecule has 0 spiro atoms. The molecule has 110 valence electrons. The van der Waals surface area contributed by atoms with Crippen LogP contribution in [0, 0.1) is 0 Å². The molecule has 0 saturated carbocycles. The Morgan fingerprint density at radius 1 is 1.10 bits per heavy atom. The second-order valence-corrected chi connectivity index (χ2v) is 7.23. The van der Waals surface area contributed by atoms with E-state index in [1.165, 1.54) is 36.5 Å². The van der Waals surface area contributed by atoms with Crippen molar-refractivity contribution in [2.45, 2.75) is 5.03 Å². The zero-order valence-electron chi connectivity index (χ0n) is 10.2. The summed E-state index contributed by atoms with van der Waals surface area (Å²) in [6.45, 7) is 0. The maximum Gasteiger partial charge on any atom is 0.278 e. The van der Waals surface area contributed by atoms with Gasteiger partial charge in [0.15, 0.2) is 5.03 Å². The summed E-state index contributed by atoms with van der Waals surface area (Å²) in [4.78, 5) is 15.6. The van der Waals surface area contributed by atoms with Crippen LogP contribution in [0.1, 0.15) is 10.4 Å². The van der Waals surface area contributed by atoms with Crippen molar-refractivity contribution in [2.75, 3.05) is 5.32 Å². The molecule has 0 aliphatic heterocycles. The van der Waals surface area contributed by atoms with Crippen LogP contribution in [0.5, 0.6) is 0 Å². The second-order valence-electron chi connectivity index (χ2n) is 3.91. The highest BCUT2D eigenvalue weighted by molar-refractivity contribution is 8.13. The molecule has 2 aromatic rings. The fraction of sp³-hybridized carbons (Fsp3) is 0. The van der Waals surface area contributed by atoms with Crippen molar-refractivity contribution in [1.29, 1.82) is 0 Å². The average molecular weight is 366 g/mol. The third-order valence-electron chi connectivity index (χ3n) is 2.43. The first kappa shape index (κ1) is 16.0. The molecule has 0 saturated heterocycles. The lowest BCUT2D eigenvalue weighted by atomic mass is 10.2. The molecule has 1 aromatic heterocycles. The number of pyridine rings is 1. The highest BCUT2D eigenvalue weighted by atomic mass is 35.7. The van der Waals surface area contributed by atoms with Crippen molar-refractivity contribution in [1.82, 2.24) is 4.98 Å². The van der Waals surface area contributed by atoms with E-state index in [4.69, 9.17) is 33.9 Å². The van der Waals surface area contributed by atoms with Gasteiger partial charge >= 0.3 is 0 Å². The largest absolute Gasteiger partial charge is 0.321 e. The number of amides is 1. The van der Waals surface area contributed by atoms with Gasteiger partial charge in [-0.25, -0.2) is 13.4 Å². The molecule has 9 heteroatoms. The molecule has 2 rings (SSSR count). The van der Waals surface area contributed by atoms with Crippen molar-refractivity contribution >= 4 is 54.5 Å². The first-order valence-electron chi connectivity index (χ1n) is 5.44. The first-order chi connectivity index (χ1) is 9.77. The SMILES string of the molecule is O=C(Nc1ccc(S(=O)(=O)Cl)nc1)c1ccc(Cl)c(Cl)c1. The third kappa shape index (κ3) is 4.07. The Hall–Kier alpha value is -1.34. The minimum Gasteiger partial charge on any atom is -0.321 e. The summed E-state index contributed by atoms with van der Waals surface area (Å²) in [5.74, 6) is -0.433. The molecular formula is C12H7Cl3N2O3S. The number of nitrogens with one attached hydrogen (secondary N) is 1. The Morgan fingerprint density at radius 3 is 2.33 bits per heavy atom. The minimum atomic E-state index is -3.89. The Kier molecular flexibility index (Phi) is 4.73. The quantitative estimate of drug-likeness (QED) is 0.844. The number of anilines is 1. The van der Waals surface area contributed by atoms with Crippen molar-refractivity contribution < 1.29 is 13.2 Å². The number of carbonyl (C=O) groups excluding carboxylic acids is 1. The van der Waals surface area contributed by atoms with Gasteiger partial charge in [-0.2, -0.15) is 0 Å². The van der Waals surface area contributed by atoms with Crippen LogP contribution in [0.25, 0.3) is 0 Å². The van der Waals surface area contributed by atoms with E-state index < -0.39 is 15.0 Å². The number of hydrogen-bond acceptors (Lipinski definition) is 4. The van der Waals surface area contributed by atoms with Gasteiger partial charge < -0.3 is 5.32 Å². The maximum atomic E-state index is 12.0. The number of halogens is 3. The van der Waals surface area contributed by atoms with Gasteiger partial charge in [-0.05, 0) is 30.3 Å². The number of rotatable bonds is 3. The van der Waals surface area contributed by atoms with Gasteiger partial charge in [0.25, 0.3) is 15.0 Å². The Morgan fingerprint density at radius 2 is 1.81 bits per heavy atom. The molecule has 1 heterocycles. The van der Waals surface area contributed by atoms with Gasteiger partial charge in [0.05, 0.1) is 21.9 Å². The van der Waals surface area contributed by atoms with Crippen molar-refractivity contribution in [3.63, 3.8) is 0 Å². The number of hydrogen-bond donors (Lipinski definition) is 1. The highest BCUT2D eigenvalue weighted by Gasteiger charge is 2.12. The van der Waals surface area contributed by atoms with Crippen molar-refractivity contribution in [2.24, 2.45) is 0 Å². The van der Waals surface area contributed by atoms with Gasteiger partial charge in [-0.3, -0.25) is 4.79 Å². The maximum absolute atomic E-state index is 12.0. The standard InChI is InChI=1S/C12H7Cl3N2O3S/c13-9-3-1-7(5-10(9)14)12(18)17-8-2-4-11(16-6-8)21(15,19)20/h1-6H,(H,17,18). The van der Waals surface area contributed by atoms with E-state index in [9.17, 15) is 13.2 Å². The zero-order valence-corrected chi connectivity index (χ0v) is 13.3. The molecular weight excluding hydrogens is 359 g/mol. The number of carbonyl (C=O) groups is 1. The van der Waals surface area contributed by atoms with Gasteiger partial charge in [0.1, 0.15) is 0 Å². The van der Waals surface area contributed by atoms with Gasteiger partial charge in [-0.15, -0.1) is 0 Å². The van der Waals surface area contributed by atoms with Crippen LogP contribution in [0.15, 0.2) is 41.6 Å². The molecule has 0 radical (unpaired) electrons. The molecule has 0 fully saturated rings. The predicted octanol–water partition coefficient (Wildman–Crippen LogP) is 3.57. The van der Waals surface area contributed by atoms with E-state index in [1.54, 1.807) is 0 Å². The highest BCUT2D eigenvalue weighted by Crippen LogP contribution is 2.23. The van der Waals surface area contributed by atoms with Crippen LogP contribution < -0.4 is 5.32 Å². The number of aromatic nitrogens is 1. The van der Waals surface area contributed by atoms with Gasteiger partial charge in [0.2, 0.25) is 0 Å². The molecule has 0 unspecified atom stereocenters. The Bertz CT molecular complexity index is 792. The van der Waals surface area contributed by atoms with E-state index >= 15 is 0 Å². The van der Waals surface area contributed by atoms with Crippen LogP contribution in [0.2, 0.25) is 10.0 Å². The van der Waals surface area contributed by atoms with Crippen molar-refractivity contribution in [3.8, 4) is 0 Å². The second kappa shape index (κ2) is 6.19. The van der Waals surface area contributed by atoms with Crippen LogP contribution in [0.4, 0.5) is 5.69 Å². The fourth-order valence-electron chi connectivity index (χ4n) is 1.44. The van der Waals surface area contributed by atoms with Crippen LogP contribution in [0.3, 0.4) is 0 Å². The zero-order chi connectivity index (χ0) is 15.6. The van der Waals surface area contributed by atoms with Crippen LogP contribution in [-0.2, 0) is 9.05 Å². The summed E-state index contributed by atoms with van der Waals surface area (Å²) >= 11 is 11.6. The van der Waals surface area contributed by atoms with E-state index in [0.29, 0.717) is 16.3 Å². The topological polar surface area (TPSA) is 76.1 Å². The van der Waals surface area contributed by atoms with Gasteiger partial charge in [0, 0.05) is 16.2 Å². The molecule has 1 amide bonds. The average Bonchev–Trinajstić information content (AvgIpc) is 2.41. The molecule has 0 bridgehead atoms. The van der Waals surface area contributed by atoms with E-state index in [1.807, 2.05) is 0 Å². The lowest BCUT2D eigenvalue weighted by Crippen LogP contribution is -2.12. The number of nitrogens with zero attached hydrogens (tertiary/aromatic N) is 1. The molecule has 0 atom stereocenters. The van der Waals surface area contributed by atoms with Crippen molar-refractivity contribution in [3.05, 3.63) is 52.1 Å². The summed E-state index contributed by atoms with van der Waals surface area (Å²) in [5.41, 5.74) is 0.619. The normalized spacial score (nSPS) is 11.2. The number of benzene rings is 1. The molecule has 1 N–H and O–H groups in total. The predicted molar refractivity (Wildman–Crippen MR) is 81.7 cm³/mol. The van der Waals surface area contributed by atoms with E-state index in [-0.39, 0.29) is 10.0 Å².